The van der Waals surface area contributed by atoms with Crippen molar-refractivity contribution in [1.82, 2.24) is 9.88 Å². The minimum absolute atomic E-state index is 0.0185. The average Bonchev–Trinajstić information content (AvgIpc) is 2.79. The van der Waals surface area contributed by atoms with Gasteiger partial charge < -0.3 is 11.1 Å². The Hall–Kier alpha value is -1.92. The Balaban J connectivity index is 1.95. The van der Waals surface area contributed by atoms with E-state index in [0.29, 0.717) is 18.2 Å². The monoisotopic (exact) mass is 318 g/mol. The Morgan fingerprint density at radius 2 is 1.95 bits per heavy atom. The molecular weight excluding hydrogens is 296 g/mol. The molecule has 0 aliphatic heterocycles. The van der Waals surface area contributed by atoms with E-state index in [0.717, 1.165) is 21.7 Å². The fraction of sp³-hybridized carbons (Fsp3) is 0.375. The normalized spacial score (nSPS) is 11.0. The lowest BCUT2D eigenvalue weighted by Crippen LogP contribution is -2.30. The maximum atomic E-state index is 12.2. The molecule has 0 radical (unpaired) electrons. The van der Waals surface area contributed by atoms with Crippen molar-refractivity contribution in [3.63, 3.8) is 0 Å². The van der Waals surface area contributed by atoms with Gasteiger partial charge in [0.25, 0.3) is 0 Å². The molecule has 0 bridgehead atoms. The minimum Gasteiger partial charge on any atom is -0.375 e. The molecule has 2 aromatic rings. The predicted molar refractivity (Wildman–Crippen MR) is 92.1 cm³/mol. The second-order valence-corrected chi connectivity index (χ2v) is 6.81. The first-order valence-corrected chi connectivity index (χ1v) is 7.93. The second-order valence-electron chi connectivity index (χ2n) is 5.66. The molecule has 0 aliphatic rings. The van der Waals surface area contributed by atoms with Gasteiger partial charge in [-0.15, -0.1) is 11.3 Å². The molecule has 0 unspecified atom stereocenters. The fourth-order valence-corrected chi connectivity index (χ4v) is 3.28. The van der Waals surface area contributed by atoms with Crippen LogP contribution in [0.5, 0.6) is 0 Å². The molecule has 0 aliphatic carbocycles. The van der Waals surface area contributed by atoms with Gasteiger partial charge in [0, 0.05) is 23.3 Å². The Labute approximate surface area is 135 Å². The number of anilines is 2. The molecule has 0 spiro atoms. The molecule has 0 saturated carbocycles. The largest absolute Gasteiger partial charge is 0.375 e. The zero-order valence-electron chi connectivity index (χ0n) is 13.4. The number of likely N-dealkylation sites (N-methyl/N-ethyl adjacent to an activating group) is 1. The molecular formula is C16H22N4OS. The van der Waals surface area contributed by atoms with Crippen LogP contribution in [0.15, 0.2) is 18.3 Å². The maximum absolute atomic E-state index is 12.2. The number of hydrogen-bond acceptors (Lipinski definition) is 5. The Morgan fingerprint density at radius 3 is 2.50 bits per heavy atom. The van der Waals surface area contributed by atoms with Crippen molar-refractivity contribution in [2.75, 3.05) is 24.6 Å². The quantitative estimate of drug-likeness (QED) is 0.889. The zero-order chi connectivity index (χ0) is 16.3. The first-order chi connectivity index (χ1) is 10.3. The average molecular weight is 318 g/mol. The number of hydrogen-bond donors (Lipinski definition) is 2. The van der Waals surface area contributed by atoms with Gasteiger partial charge in [-0.3, -0.25) is 9.69 Å². The van der Waals surface area contributed by atoms with Crippen molar-refractivity contribution in [1.29, 1.82) is 0 Å². The third kappa shape index (κ3) is 4.29. The van der Waals surface area contributed by atoms with Crippen LogP contribution in [0.3, 0.4) is 0 Å². The number of aromatic nitrogens is 1. The molecule has 3 N–H and O–H groups in total. The first-order valence-electron chi connectivity index (χ1n) is 7.11. The summed E-state index contributed by atoms with van der Waals surface area (Å²) in [6, 6.07) is 4.15. The van der Waals surface area contributed by atoms with E-state index < -0.39 is 0 Å². The van der Waals surface area contributed by atoms with Crippen LogP contribution in [0.1, 0.15) is 21.6 Å². The Kier molecular flexibility index (Phi) is 5.15. The Bertz CT molecular complexity index is 658. The summed E-state index contributed by atoms with van der Waals surface area (Å²) in [6.07, 6.45) is 1.75. The van der Waals surface area contributed by atoms with E-state index in [4.69, 9.17) is 5.73 Å². The Morgan fingerprint density at radius 1 is 1.32 bits per heavy atom. The van der Waals surface area contributed by atoms with Crippen LogP contribution < -0.4 is 11.1 Å². The summed E-state index contributed by atoms with van der Waals surface area (Å²) in [5.41, 5.74) is 9.90. The molecule has 118 valence electrons. The lowest BCUT2D eigenvalue weighted by atomic mass is 10.1. The van der Waals surface area contributed by atoms with Gasteiger partial charge in [0.05, 0.1) is 6.54 Å². The number of nitrogens with two attached hydrogens (primary N) is 1. The molecule has 1 amide bonds. The van der Waals surface area contributed by atoms with Crippen LogP contribution in [0, 0.1) is 20.8 Å². The van der Waals surface area contributed by atoms with E-state index in [1.807, 2.05) is 25.8 Å². The van der Waals surface area contributed by atoms with Crippen LogP contribution >= 0.6 is 11.3 Å². The van der Waals surface area contributed by atoms with E-state index in [1.54, 1.807) is 6.20 Å². The third-order valence-corrected chi connectivity index (χ3v) is 4.16. The number of rotatable bonds is 5. The number of thiazole rings is 1. The standard InChI is InChI=1S/C16H22N4OS/c1-10-5-11(2)15(12(3)6-10)19-14(21)9-20(4)8-13-7-18-16(17)22-13/h5-7H,8-9H2,1-4H3,(H2,17,18)(H,19,21). The highest BCUT2D eigenvalue weighted by molar-refractivity contribution is 7.15. The van der Waals surface area contributed by atoms with E-state index in [1.165, 1.54) is 16.9 Å². The smallest absolute Gasteiger partial charge is 0.238 e. The van der Waals surface area contributed by atoms with Gasteiger partial charge >= 0.3 is 0 Å². The molecule has 5 nitrogen and oxygen atoms in total. The fourth-order valence-electron chi connectivity index (χ4n) is 2.52. The highest BCUT2D eigenvalue weighted by Crippen LogP contribution is 2.22. The van der Waals surface area contributed by atoms with Gasteiger partial charge in [0.1, 0.15) is 0 Å². The van der Waals surface area contributed by atoms with Gasteiger partial charge in [-0.2, -0.15) is 0 Å². The van der Waals surface area contributed by atoms with E-state index in [-0.39, 0.29) is 5.91 Å². The zero-order valence-corrected chi connectivity index (χ0v) is 14.3. The second kappa shape index (κ2) is 6.89. The molecule has 6 heteroatoms. The van der Waals surface area contributed by atoms with Crippen LogP contribution in [0.4, 0.5) is 10.8 Å². The van der Waals surface area contributed by atoms with Gasteiger partial charge in [0.15, 0.2) is 5.13 Å². The lowest BCUT2D eigenvalue weighted by Gasteiger charge is -2.17. The van der Waals surface area contributed by atoms with E-state index in [2.05, 4.69) is 29.4 Å². The molecule has 22 heavy (non-hydrogen) atoms. The van der Waals surface area contributed by atoms with Crippen LogP contribution in [-0.2, 0) is 11.3 Å². The molecule has 1 heterocycles. The first kappa shape index (κ1) is 16.5. The van der Waals surface area contributed by atoms with E-state index >= 15 is 0 Å². The topological polar surface area (TPSA) is 71.2 Å². The number of carbonyl (C=O) groups excluding carboxylic acids is 1. The molecule has 1 aromatic heterocycles. The lowest BCUT2D eigenvalue weighted by molar-refractivity contribution is -0.117. The highest BCUT2D eigenvalue weighted by Gasteiger charge is 2.11. The number of carbonyl (C=O) groups is 1. The number of nitrogens with one attached hydrogen (secondary N) is 1. The van der Waals surface area contributed by atoms with E-state index in [9.17, 15) is 4.79 Å². The van der Waals surface area contributed by atoms with Crippen LogP contribution in [0.2, 0.25) is 0 Å². The van der Waals surface area contributed by atoms with Gasteiger partial charge in [-0.25, -0.2) is 4.98 Å². The SMILES string of the molecule is Cc1cc(C)c(NC(=O)CN(C)Cc2cnc(N)s2)c(C)c1. The molecule has 2 rings (SSSR count). The van der Waals surface area contributed by atoms with Crippen molar-refractivity contribution in [2.45, 2.75) is 27.3 Å². The summed E-state index contributed by atoms with van der Waals surface area (Å²) in [5.74, 6) is -0.0185. The van der Waals surface area contributed by atoms with Crippen LogP contribution in [-0.4, -0.2) is 29.4 Å². The number of nitrogen functional groups attached to an aromatic ring is 1. The summed E-state index contributed by atoms with van der Waals surface area (Å²) in [7, 11) is 1.91. The maximum Gasteiger partial charge on any atom is 0.238 e. The number of nitrogens with zero attached hydrogens (tertiary/aromatic N) is 2. The van der Waals surface area contributed by atoms with Gasteiger partial charge in [-0.1, -0.05) is 17.7 Å². The minimum atomic E-state index is -0.0185. The molecule has 0 fully saturated rings. The molecule has 0 atom stereocenters. The summed E-state index contributed by atoms with van der Waals surface area (Å²) >= 11 is 1.45. The molecule has 0 saturated heterocycles. The number of benzene rings is 1. The summed E-state index contributed by atoms with van der Waals surface area (Å²) in [5, 5.41) is 3.56. The highest BCUT2D eigenvalue weighted by atomic mass is 32.1. The van der Waals surface area contributed by atoms with Gasteiger partial charge in [-0.05, 0) is 38.9 Å². The van der Waals surface area contributed by atoms with Crippen molar-refractivity contribution < 1.29 is 4.79 Å². The third-order valence-electron chi connectivity index (χ3n) is 3.35. The number of aryl methyl sites for hydroxylation is 3. The van der Waals surface area contributed by atoms with Crippen molar-refractivity contribution in [3.8, 4) is 0 Å². The van der Waals surface area contributed by atoms with Crippen molar-refractivity contribution in [3.05, 3.63) is 39.9 Å². The number of amides is 1. The van der Waals surface area contributed by atoms with Crippen molar-refractivity contribution in [2.24, 2.45) is 0 Å². The van der Waals surface area contributed by atoms with Crippen molar-refractivity contribution >= 4 is 28.1 Å². The predicted octanol–water partition coefficient (Wildman–Crippen LogP) is 2.72. The molecule has 1 aromatic carbocycles. The summed E-state index contributed by atoms with van der Waals surface area (Å²) < 4.78 is 0. The van der Waals surface area contributed by atoms with Crippen LogP contribution in [0.25, 0.3) is 0 Å². The van der Waals surface area contributed by atoms with Gasteiger partial charge in [0.2, 0.25) is 5.91 Å². The summed E-state index contributed by atoms with van der Waals surface area (Å²) in [6.45, 7) is 7.07. The summed E-state index contributed by atoms with van der Waals surface area (Å²) in [4.78, 5) is 19.2.